The van der Waals surface area contributed by atoms with E-state index in [9.17, 15) is 22.0 Å². The maximum Gasteiger partial charge on any atom is 0.270 e. The first-order valence-corrected chi connectivity index (χ1v) is 16.8. The molecule has 4 aromatic rings. The fourth-order valence-corrected chi connectivity index (χ4v) is 8.53. The molecule has 0 spiro atoms. The number of amides is 1. The van der Waals surface area contributed by atoms with Gasteiger partial charge in [-0.1, -0.05) is 12.1 Å². The molecular formula is C30H36F2N10O3S. The second kappa shape index (κ2) is 11.6. The van der Waals surface area contributed by atoms with E-state index >= 15 is 0 Å². The molecule has 0 saturated carbocycles. The van der Waals surface area contributed by atoms with Gasteiger partial charge in [0.25, 0.3) is 5.92 Å². The number of aromatic nitrogens is 5. The maximum absolute atomic E-state index is 14.0. The summed E-state index contributed by atoms with van der Waals surface area (Å²) in [5.41, 5.74) is 1.74. The van der Waals surface area contributed by atoms with Crippen LogP contribution in [0.5, 0.6) is 0 Å². The second-order valence-corrected chi connectivity index (χ2v) is 14.2. The van der Waals surface area contributed by atoms with Gasteiger partial charge in [0.15, 0.2) is 5.65 Å². The molecule has 0 aliphatic carbocycles. The van der Waals surface area contributed by atoms with Crippen LogP contribution in [0.4, 0.5) is 26.1 Å². The van der Waals surface area contributed by atoms with Crippen molar-refractivity contribution in [3.05, 3.63) is 60.6 Å². The third-order valence-electron chi connectivity index (χ3n) is 9.06. The van der Waals surface area contributed by atoms with Crippen molar-refractivity contribution < 1.29 is 22.0 Å². The van der Waals surface area contributed by atoms with Crippen LogP contribution in [0.3, 0.4) is 0 Å². The highest BCUT2D eigenvalue weighted by Crippen LogP contribution is 2.39. The molecule has 16 heteroatoms. The first-order chi connectivity index (χ1) is 22.0. The second-order valence-electron chi connectivity index (χ2n) is 12.4. The molecule has 1 N–H and O–H groups in total. The van der Waals surface area contributed by atoms with Gasteiger partial charge in [-0.05, 0) is 44.2 Å². The summed E-state index contributed by atoms with van der Waals surface area (Å²) in [6.45, 7) is 4.89. The molecule has 2 bridgehead atoms. The van der Waals surface area contributed by atoms with Crippen molar-refractivity contribution in [1.29, 1.82) is 0 Å². The predicted molar refractivity (Wildman–Crippen MR) is 167 cm³/mol. The third-order valence-corrected chi connectivity index (χ3v) is 11.1. The topological polar surface area (TPSA) is 124 Å². The molecule has 3 aromatic heterocycles. The van der Waals surface area contributed by atoms with Crippen molar-refractivity contribution in [2.45, 2.75) is 49.2 Å². The van der Waals surface area contributed by atoms with Crippen LogP contribution in [0.15, 0.2) is 59.9 Å². The lowest BCUT2D eigenvalue weighted by atomic mass is 10.1. The van der Waals surface area contributed by atoms with Crippen LogP contribution in [0.1, 0.15) is 25.3 Å². The molecule has 3 saturated heterocycles. The number of carbonyl (C=O) groups is 1. The molecule has 7 rings (SSSR count). The van der Waals surface area contributed by atoms with Gasteiger partial charge in [0.2, 0.25) is 21.9 Å². The zero-order chi connectivity index (χ0) is 32.2. The smallest absolute Gasteiger partial charge is 0.270 e. The molecule has 3 aliphatic rings. The molecule has 46 heavy (non-hydrogen) atoms. The number of rotatable bonds is 8. The fraction of sp³-hybridized carbons (Fsp3) is 0.467. The van der Waals surface area contributed by atoms with E-state index in [4.69, 9.17) is 4.98 Å². The van der Waals surface area contributed by atoms with Crippen LogP contribution in [0, 0.1) is 0 Å². The number of carbonyl (C=O) groups excluding carboxylic acids is 1. The van der Waals surface area contributed by atoms with Gasteiger partial charge < -0.3 is 20.0 Å². The Kier molecular flexibility index (Phi) is 7.68. The summed E-state index contributed by atoms with van der Waals surface area (Å²) < 4.78 is 60.2. The molecule has 13 nitrogen and oxygen atoms in total. The van der Waals surface area contributed by atoms with Gasteiger partial charge >= 0.3 is 0 Å². The van der Waals surface area contributed by atoms with Crippen molar-refractivity contribution in [1.82, 2.24) is 38.5 Å². The summed E-state index contributed by atoms with van der Waals surface area (Å²) in [5.74, 6) is -2.76. The SMILES string of the molecule is CN1CCN(C(=O)Cn2cc(Nc3nc4c(N5CC6CCC(C5)N6S(=O)(=O)c5cccc(C(C)(F)F)c5)cccn4n3)cn2)CC1. The molecule has 3 fully saturated rings. The number of fused-ring (bicyclic) bond motifs is 3. The minimum atomic E-state index is -3.98. The molecule has 244 valence electrons. The van der Waals surface area contributed by atoms with Crippen LogP contribution < -0.4 is 10.2 Å². The molecule has 0 radical (unpaired) electrons. The monoisotopic (exact) mass is 654 g/mol. The number of piperazine rings is 2. The summed E-state index contributed by atoms with van der Waals surface area (Å²) >= 11 is 0. The Morgan fingerprint density at radius 2 is 1.80 bits per heavy atom. The average molecular weight is 655 g/mol. The molecule has 2 unspecified atom stereocenters. The van der Waals surface area contributed by atoms with Crippen molar-refractivity contribution in [3.63, 3.8) is 0 Å². The Hall–Kier alpha value is -4.15. The molecular weight excluding hydrogens is 618 g/mol. The van der Waals surface area contributed by atoms with E-state index in [1.54, 1.807) is 27.8 Å². The van der Waals surface area contributed by atoms with Crippen LogP contribution in [-0.4, -0.2) is 111 Å². The lowest BCUT2D eigenvalue weighted by molar-refractivity contribution is -0.133. The summed E-state index contributed by atoms with van der Waals surface area (Å²) in [4.78, 5) is 23.5. The Morgan fingerprint density at radius 1 is 1.07 bits per heavy atom. The quantitative estimate of drug-likeness (QED) is 0.305. The zero-order valence-corrected chi connectivity index (χ0v) is 26.4. The number of alkyl halides is 2. The Balaban J connectivity index is 1.05. The molecule has 6 heterocycles. The first kappa shape index (κ1) is 30.5. The van der Waals surface area contributed by atoms with Gasteiger partial charge in [-0.15, -0.1) is 5.10 Å². The number of nitrogens with one attached hydrogen (secondary N) is 1. The van der Waals surface area contributed by atoms with Gasteiger partial charge in [-0.25, -0.2) is 21.7 Å². The van der Waals surface area contributed by atoms with Crippen molar-refractivity contribution >= 4 is 38.9 Å². The summed E-state index contributed by atoms with van der Waals surface area (Å²) in [7, 11) is -1.93. The summed E-state index contributed by atoms with van der Waals surface area (Å²) in [6.07, 6.45) is 6.51. The van der Waals surface area contributed by atoms with E-state index in [1.807, 2.05) is 24.1 Å². The standard InChI is InChI=1S/C30H36F2N10O3S/c1-30(31,32)21-5-3-6-25(15-21)46(44,45)42-23-8-9-24(42)19-39(18-23)26-7-4-10-41-28(26)35-29(36-41)34-22-16-33-40(17-22)20-27(43)38-13-11-37(2)12-14-38/h3-7,10,15-17,23-24H,8-9,11-14,18-20H2,1-2H3,(H,34,36). The van der Waals surface area contributed by atoms with E-state index < -0.39 is 15.9 Å². The average Bonchev–Trinajstić information content (AvgIpc) is 3.72. The summed E-state index contributed by atoms with van der Waals surface area (Å²) in [6, 6.07) is 8.27. The van der Waals surface area contributed by atoms with Crippen LogP contribution in [0.2, 0.25) is 0 Å². The van der Waals surface area contributed by atoms with Crippen molar-refractivity contribution in [3.8, 4) is 0 Å². The Morgan fingerprint density at radius 3 is 2.52 bits per heavy atom. The lowest BCUT2D eigenvalue weighted by Crippen LogP contribution is -2.55. The number of hydrogen-bond donors (Lipinski definition) is 1. The van der Waals surface area contributed by atoms with E-state index in [-0.39, 0.29) is 35.0 Å². The van der Waals surface area contributed by atoms with Gasteiger partial charge in [0.05, 0.1) is 22.5 Å². The van der Waals surface area contributed by atoms with Gasteiger partial charge in [-0.3, -0.25) is 9.48 Å². The number of anilines is 3. The molecule has 1 aromatic carbocycles. The first-order valence-electron chi connectivity index (χ1n) is 15.3. The normalized spacial score (nSPS) is 21.3. The Bertz CT molecular complexity index is 1850. The van der Waals surface area contributed by atoms with Gasteiger partial charge in [0, 0.05) is 76.2 Å². The van der Waals surface area contributed by atoms with E-state index in [0.29, 0.717) is 56.3 Å². The van der Waals surface area contributed by atoms with Crippen LogP contribution >= 0.6 is 0 Å². The summed E-state index contributed by atoms with van der Waals surface area (Å²) in [5, 5.41) is 12.1. The predicted octanol–water partition coefficient (Wildman–Crippen LogP) is 2.60. The van der Waals surface area contributed by atoms with E-state index in [1.165, 1.54) is 22.5 Å². The third kappa shape index (κ3) is 5.80. The fourth-order valence-electron chi connectivity index (χ4n) is 6.63. The largest absolute Gasteiger partial charge is 0.365 e. The number of sulfonamides is 1. The highest BCUT2D eigenvalue weighted by atomic mass is 32.2. The van der Waals surface area contributed by atoms with Crippen molar-refractivity contribution in [2.75, 3.05) is 56.5 Å². The maximum atomic E-state index is 14.0. The Labute approximate surface area is 265 Å². The zero-order valence-electron chi connectivity index (χ0n) is 25.6. The number of nitrogens with zero attached hydrogens (tertiary/aromatic N) is 9. The highest BCUT2D eigenvalue weighted by molar-refractivity contribution is 7.89. The molecule has 1 amide bonds. The molecule has 2 atom stereocenters. The van der Waals surface area contributed by atoms with E-state index in [0.717, 1.165) is 31.8 Å². The highest BCUT2D eigenvalue weighted by Gasteiger charge is 2.47. The number of hydrogen-bond acceptors (Lipinski definition) is 9. The van der Waals surface area contributed by atoms with Gasteiger partial charge in [-0.2, -0.15) is 14.4 Å². The number of likely N-dealkylation sites (N-methyl/N-ethyl adjacent to an activating group) is 1. The van der Waals surface area contributed by atoms with Crippen LogP contribution in [0.25, 0.3) is 5.65 Å². The van der Waals surface area contributed by atoms with Crippen molar-refractivity contribution in [2.24, 2.45) is 0 Å². The number of halogens is 2. The number of benzene rings is 1. The van der Waals surface area contributed by atoms with Crippen LogP contribution in [-0.2, 0) is 27.3 Å². The lowest BCUT2D eigenvalue weighted by Gasteiger charge is -2.41. The molecule has 3 aliphatic heterocycles. The van der Waals surface area contributed by atoms with Gasteiger partial charge in [0.1, 0.15) is 6.54 Å². The van der Waals surface area contributed by atoms with E-state index in [2.05, 4.69) is 25.3 Å². The number of pyridine rings is 1. The minimum Gasteiger partial charge on any atom is -0.365 e. The minimum absolute atomic E-state index is 0.0242.